The van der Waals surface area contributed by atoms with Crippen LogP contribution in [-0.4, -0.2) is 31.8 Å². The molecule has 1 aromatic rings. The lowest BCUT2D eigenvalue weighted by atomic mass is 10.3. The van der Waals surface area contributed by atoms with Crippen molar-refractivity contribution in [3.63, 3.8) is 0 Å². The molecular formula is C14H24IN3O2. The lowest BCUT2D eigenvalue weighted by Gasteiger charge is -2.14. The number of ether oxygens (including phenoxy) is 2. The summed E-state index contributed by atoms with van der Waals surface area (Å²) in [7, 11) is 1.63. The molecule has 0 saturated heterocycles. The standard InChI is InChI=1S/C14H23N3O2.HI/c1-10(2)17-14(15)16-9-11(3)19-13-7-5-6-12(8-13)18-4;/h5-8,10-11H,9H2,1-4H3,(H3,15,16,17);1H. The van der Waals surface area contributed by atoms with Gasteiger partial charge < -0.3 is 20.5 Å². The minimum Gasteiger partial charge on any atom is -0.497 e. The van der Waals surface area contributed by atoms with Gasteiger partial charge in [-0.3, -0.25) is 0 Å². The van der Waals surface area contributed by atoms with E-state index in [2.05, 4.69) is 10.3 Å². The van der Waals surface area contributed by atoms with Crippen LogP contribution in [0.5, 0.6) is 11.5 Å². The van der Waals surface area contributed by atoms with E-state index in [1.165, 1.54) is 0 Å². The molecule has 1 aromatic carbocycles. The molecule has 1 atom stereocenters. The molecule has 5 nitrogen and oxygen atoms in total. The summed E-state index contributed by atoms with van der Waals surface area (Å²) in [4.78, 5) is 4.23. The van der Waals surface area contributed by atoms with Crippen LogP contribution in [-0.2, 0) is 0 Å². The summed E-state index contributed by atoms with van der Waals surface area (Å²) in [6, 6.07) is 7.77. The number of guanidine groups is 1. The first-order chi connectivity index (χ1) is 9.01. The summed E-state index contributed by atoms with van der Waals surface area (Å²) in [5, 5.41) is 3.03. The molecule has 0 spiro atoms. The van der Waals surface area contributed by atoms with Gasteiger partial charge in [0.05, 0.1) is 13.7 Å². The van der Waals surface area contributed by atoms with Crippen LogP contribution in [0.4, 0.5) is 0 Å². The number of nitrogens with zero attached hydrogens (tertiary/aromatic N) is 1. The van der Waals surface area contributed by atoms with Crippen molar-refractivity contribution in [1.82, 2.24) is 5.32 Å². The molecule has 0 aliphatic carbocycles. The van der Waals surface area contributed by atoms with Gasteiger partial charge in [0, 0.05) is 12.1 Å². The molecule has 114 valence electrons. The number of nitrogens with one attached hydrogen (secondary N) is 1. The maximum Gasteiger partial charge on any atom is 0.188 e. The third-order valence-electron chi connectivity index (χ3n) is 2.33. The maximum atomic E-state index is 5.74. The SMILES string of the molecule is COc1cccc(OC(C)CN=C(N)NC(C)C)c1.I. The van der Waals surface area contributed by atoms with Crippen LogP contribution in [0.1, 0.15) is 20.8 Å². The Morgan fingerprint density at radius 3 is 2.55 bits per heavy atom. The Morgan fingerprint density at radius 1 is 1.30 bits per heavy atom. The average molecular weight is 393 g/mol. The second-order valence-corrected chi connectivity index (χ2v) is 4.63. The fourth-order valence-electron chi connectivity index (χ4n) is 1.51. The molecular weight excluding hydrogens is 369 g/mol. The van der Waals surface area contributed by atoms with Crippen LogP contribution in [0.25, 0.3) is 0 Å². The van der Waals surface area contributed by atoms with Gasteiger partial charge in [-0.15, -0.1) is 24.0 Å². The highest BCUT2D eigenvalue weighted by molar-refractivity contribution is 14.0. The van der Waals surface area contributed by atoms with Crippen LogP contribution in [0.2, 0.25) is 0 Å². The number of rotatable bonds is 6. The maximum absolute atomic E-state index is 5.74. The van der Waals surface area contributed by atoms with E-state index < -0.39 is 0 Å². The Balaban J connectivity index is 0.00000361. The van der Waals surface area contributed by atoms with Crippen LogP contribution in [0, 0.1) is 0 Å². The van der Waals surface area contributed by atoms with E-state index in [9.17, 15) is 0 Å². The number of hydrogen-bond donors (Lipinski definition) is 2. The number of aliphatic imine (C=N–C) groups is 1. The van der Waals surface area contributed by atoms with Gasteiger partial charge >= 0.3 is 0 Å². The first kappa shape index (κ1) is 18.8. The molecule has 0 amide bonds. The topological polar surface area (TPSA) is 68.9 Å². The molecule has 0 aromatic heterocycles. The van der Waals surface area contributed by atoms with E-state index in [0.29, 0.717) is 12.5 Å². The summed E-state index contributed by atoms with van der Waals surface area (Å²) >= 11 is 0. The number of hydrogen-bond acceptors (Lipinski definition) is 3. The molecule has 1 rings (SSSR count). The molecule has 1 unspecified atom stereocenters. The molecule has 6 heteroatoms. The van der Waals surface area contributed by atoms with Crippen molar-refractivity contribution in [2.45, 2.75) is 32.9 Å². The van der Waals surface area contributed by atoms with Gasteiger partial charge in [-0.2, -0.15) is 0 Å². The predicted molar refractivity (Wildman–Crippen MR) is 93.3 cm³/mol. The molecule has 0 saturated carbocycles. The highest BCUT2D eigenvalue weighted by Crippen LogP contribution is 2.19. The number of benzene rings is 1. The van der Waals surface area contributed by atoms with E-state index >= 15 is 0 Å². The number of halogens is 1. The van der Waals surface area contributed by atoms with Crippen molar-refractivity contribution >= 4 is 29.9 Å². The molecule has 0 heterocycles. The first-order valence-corrected chi connectivity index (χ1v) is 6.38. The second kappa shape index (κ2) is 9.68. The van der Waals surface area contributed by atoms with Crippen molar-refractivity contribution in [2.24, 2.45) is 10.7 Å². The van der Waals surface area contributed by atoms with Crippen molar-refractivity contribution in [1.29, 1.82) is 0 Å². The van der Waals surface area contributed by atoms with E-state index in [0.717, 1.165) is 11.5 Å². The van der Waals surface area contributed by atoms with E-state index in [-0.39, 0.29) is 36.1 Å². The first-order valence-electron chi connectivity index (χ1n) is 6.38. The summed E-state index contributed by atoms with van der Waals surface area (Å²) in [5.74, 6) is 1.97. The Kier molecular flexibility index (Phi) is 9.11. The van der Waals surface area contributed by atoms with E-state index in [1.807, 2.05) is 45.0 Å². The third kappa shape index (κ3) is 7.42. The fraction of sp³-hybridized carbons (Fsp3) is 0.500. The van der Waals surface area contributed by atoms with Gasteiger partial charge in [-0.25, -0.2) is 4.99 Å². The molecule has 0 radical (unpaired) electrons. The van der Waals surface area contributed by atoms with Crippen LogP contribution in [0.15, 0.2) is 29.3 Å². The molecule has 0 fully saturated rings. The van der Waals surface area contributed by atoms with Crippen molar-refractivity contribution in [3.8, 4) is 11.5 Å². The van der Waals surface area contributed by atoms with E-state index in [1.54, 1.807) is 7.11 Å². The monoisotopic (exact) mass is 393 g/mol. The lowest BCUT2D eigenvalue weighted by molar-refractivity contribution is 0.229. The smallest absolute Gasteiger partial charge is 0.188 e. The Bertz CT molecular complexity index is 425. The van der Waals surface area contributed by atoms with Gasteiger partial charge in [-0.05, 0) is 32.9 Å². The molecule has 0 aliphatic heterocycles. The van der Waals surface area contributed by atoms with Crippen molar-refractivity contribution in [3.05, 3.63) is 24.3 Å². The number of nitrogens with two attached hydrogens (primary N) is 1. The largest absolute Gasteiger partial charge is 0.497 e. The van der Waals surface area contributed by atoms with Gasteiger partial charge in [-0.1, -0.05) is 6.07 Å². The quantitative estimate of drug-likeness (QED) is 0.443. The number of methoxy groups -OCH3 is 1. The zero-order valence-electron chi connectivity index (χ0n) is 12.4. The zero-order valence-corrected chi connectivity index (χ0v) is 14.8. The lowest BCUT2D eigenvalue weighted by Crippen LogP contribution is -2.37. The molecule has 3 N–H and O–H groups in total. The average Bonchev–Trinajstić information content (AvgIpc) is 2.36. The minimum atomic E-state index is -0.0559. The van der Waals surface area contributed by atoms with Crippen LogP contribution < -0.4 is 20.5 Å². The van der Waals surface area contributed by atoms with Gasteiger partial charge in [0.15, 0.2) is 5.96 Å². The van der Waals surface area contributed by atoms with Crippen LogP contribution in [0.3, 0.4) is 0 Å². The van der Waals surface area contributed by atoms with Crippen molar-refractivity contribution < 1.29 is 9.47 Å². The van der Waals surface area contributed by atoms with Crippen molar-refractivity contribution in [2.75, 3.05) is 13.7 Å². The summed E-state index contributed by atoms with van der Waals surface area (Å²) in [5.41, 5.74) is 5.73. The fourth-order valence-corrected chi connectivity index (χ4v) is 1.51. The Morgan fingerprint density at radius 2 is 1.95 bits per heavy atom. The highest BCUT2D eigenvalue weighted by atomic mass is 127. The molecule has 0 aliphatic rings. The van der Waals surface area contributed by atoms with Gasteiger partial charge in [0.25, 0.3) is 0 Å². The van der Waals surface area contributed by atoms with Crippen LogP contribution >= 0.6 is 24.0 Å². The van der Waals surface area contributed by atoms with Gasteiger partial charge in [0.1, 0.15) is 17.6 Å². The summed E-state index contributed by atoms with van der Waals surface area (Å²) < 4.78 is 10.9. The molecule has 0 bridgehead atoms. The second-order valence-electron chi connectivity index (χ2n) is 4.63. The minimum absolute atomic E-state index is 0. The highest BCUT2D eigenvalue weighted by Gasteiger charge is 2.05. The third-order valence-corrected chi connectivity index (χ3v) is 2.33. The Labute approximate surface area is 138 Å². The predicted octanol–water partition coefficient (Wildman–Crippen LogP) is 2.39. The summed E-state index contributed by atoms with van der Waals surface area (Å²) in [6.07, 6.45) is -0.0559. The van der Waals surface area contributed by atoms with Gasteiger partial charge in [0.2, 0.25) is 0 Å². The summed E-state index contributed by atoms with van der Waals surface area (Å²) in [6.45, 7) is 6.48. The van der Waals surface area contributed by atoms with E-state index in [4.69, 9.17) is 15.2 Å². The Hall–Kier alpha value is -1.18. The molecule has 20 heavy (non-hydrogen) atoms. The zero-order chi connectivity index (χ0) is 14.3. The normalized spacial score (nSPS) is 12.6.